The lowest BCUT2D eigenvalue weighted by Crippen LogP contribution is -2.11. The van der Waals surface area contributed by atoms with E-state index in [1.165, 1.54) is 22.3 Å². The Balaban J connectivity index is 1.15. The fourth-order valence-corrected chi connectivity index (χ4v) is 7.90. The summed E-state index contributed by atoms with van der Waals surface area (Å²) in [4.78, 5) is 2.41. The number of hydrogen-bond donors (Lipinski definition) is 0. The highest BCUT2D eigenvalue weighted by Crippen LogP contribution is 2.43. The predicted octanol–water partition coefficient (Wildman–Crippen LogP) is 15.9. The van der Waals surface area contributed by atoms with Crippen molar-refractivity contribution in [3.63, 3.8) is 0 Å². The molecule has 10 rings (SSSR count). The Morgan fingerprint density at radius 1 is 0.241 bits per heavy atom. The molecule has 0 fully saturated rings. The van der Waals surface area contributed by atoms with Crippen molar-refractivity contribution < 1.29 is 4.42 Å². The summed E-state index contributed by atoms with van der Waals surface area (Å²) in [7, 11) is 0. The first-order chi connectivity index (χ1) is 28.7. The Bertz CT molecular complexity index is 2690. The molecule has 0 atom stereocenters. The van der Waals surface area contributed by atoms with Crippen LogP contribution in [0.3, 0.4) is 0 Å². The van der Waals surface area contributed by atoms with Gasteiger partial charge >= 0.3 is 0 Å². The van der Waals surface area contributed by atoms with Crippen LogP contribution in [0.25, 0.3) is 77.9 Å². The zero-order valence-electron chi connectivity index (χ0n) is 31.9. The standard InChI is InChI=1S/C56H39NO/c1-5-16-40(17-6-1)48-33-49(41-18-7-2-8-19-41)36-53(35-48)57(54-37-50(42-20-9-3-10-21-42)34-51(38-54)43-22-11-4-12-23-43)52-30-28-44(29-31-52)45-25-15-26-46(32-45)56-39-47-24-13-14-27-55(47)58-56/h1-39H. The molecule has 0 aliphatic heterocycles. The van der Waals surface area contributed by atoms with Gasteiger partial charge in [-0.25, -0.2) is 0 Å². The van der Waals surface area contributed by atoms with Gasteiger partial charge in [-0.05, 0) is 122 Å². The van der Waals surface area contributed by atoms with E-state index in [2.05, 4.69) is 223 Å². The number of rotatable bonds is 9. The number of nitrogens with zero attached hydrogens (tertiary/aromatic N) is 1. The second kappa shape index (κ2) is 15.5. The van der Waals surface area contributed by atoms with Crippen LogP contribution in [0.4, 0.5) is 17.1 Å². The monoisotopic (exact) mass is 741 g/mol. The Hall–Kier alpha value is -7.68. The smallest absolute Gasteiger partial charge is 0.135 e. The number of hydrogen-bond acceptors (Lipinski definition) is 2. The number of para-hydroxylation sites is 1. The lowest BCUT2D eigenvalue weighted by molar-refractivity contribution is 0.631. The molecule has 0 bridgehead atoms. The van der Waals surface area contributed by atoms with Crippen molar-refractivity contribution in [1.29, 1.82) is 0 Å². The summed E-state index contributed by atoms with van der Waals surface area (Å²) in [6.45, 7) is 0. The van der Waals surface area contributed by atoms with E-state index in [-0.39, 0.29) is 0 Å². The van der Waals surface area contributed by atoms with Crippen molar-refractivity contribution in [2.45, 2.75) is 0 Å². The van der Waals surface area contributed by atoms with Crippen LogP contribution in [0.1, 0.15) is 0 Å². The fraction of sp³-hybridized carbons (Fsp3) is 0. The van der Waals surface area contributed by atoms with Crippen molar-refractivity contribution >= 4 is 28.0 Å². The van der Waals surface area contributed by atoms with Gasteiger partial charge in [0.2, 0.25) is 0 Å². The van der Waals surface area contributed by atoms with Crippen LogP contribution in [-0.2, 0) is 0 Å². The zero-order valence-corrected chi connectivity index (χ0v) is 31.9. The van der Waals surface area contributed by atoms with Crippen LogP contribution in [0.15, 0.2) is 241 Å². The Morgan fingerprint density at radius 2 is 0.621 bits per heavy atom. The Kier molecular flexibility index (Phi) is 9.27. The van der Waals surface area contributed by atoms with Gasteiger partial charge < -0.3 is 9.32 Å². The molecule has 274 valence electrons. The summed E-state index contributed by atoms with van der Waals surface area (Å²) >= 11 is 0. The minimum atomic E-state index is 0.867. The second-order valence-corrected chi connectivity index (χ2v) is 14.6. The SMILES string of the molecule is c1ccc(-c2cc(-c3ccccc3)cc(N(c3ccc(-c4cccc(-c5cc6ccccc6o5)c4)cc3)c3cc(-c4ccccc4)cc(-c4ccccc4)c3)c2)cc1. The van der Waals surface area contributed by atoms with Gasteiger partial charge in [-0.2, -0.15) is 0 Å². The molecule has 0 saturated heterocycles. The van der Waals surface area contributed by atoms with Gasteiger partial charge in [0.05, 0.1) is 0 Å². The summed E-state index contributed by atoms with van der Waals surface area (Å²) in [5, 5.41) is 1.10. The largest absolute Gasteiger partial charge is 0.456 e. The Labute approximate surface area is 339 Å². The minimum Gasteiger partial charge on any atom is -0.456 e. The number of fused-ring (bicyclic) bond motifs is 1. The van der Waals surface area contributed by atoms with Crippen LogP contribution < -0.4 is 4.90 Å². The van der Waals surface area contributed by atoms with E-state index in [4.69, 9.17) is 4.42 Å². The van der Waals surface area contributed by atoms with Gasteiger partial charge in [-0.3, -0.25) is 0 Å². The molecule has 0 spiro atoms. The molecule has 0 aliphatic rings. The first kappa shape index (κ1) is 34.8. The molecule has 10 aromatic rings. The van der Waals surface area contributed by atoms with E-state index in [1.54, 1.807) is 0 Å². The molecule has 0 saturated carbocycles. The third-order valence-corrected chi connectivity index (χ3v) is 10.8. The first-order valence-corrected chi connectivity index (χ1v) is 19.7. The van der Waals surface area contributed by atoms with Gasteiger partial charge in [-0.1, -0.05) is 170 Å². The topological polar surface area (TPSA) is 16.4 Å². The molecule has 9 aromatic carbocycles. The van der Waals surface area contributed by atoms with E-state index >= 15 is 0 Å². The summed E-state index contributed by atoms with van der Waals surface area (Å²) in [5.41, 5.74) is 16.7. The molecule has 58 heavy (non-hydrogen) atoms. The molecule has 2 heteroatoms. The molecule has 0 radical (unpaired) electrons. The van der Waals surface area contributed by atoms with Gasteiger partial charge in [0.15, 0.2) is 0 Å². The number of anilines is 3. The minimum absolute atomic E-state index is 0.867. The van der Waals surface area contributed by atoms with Crippen LogP contribution in [0.5, 0.6) is 0 Å². The summed E-state index contributed by atoms with van der Waals surface area (Å²) in [6, 6.07) is 84.5. The van der Waals surface area contributed by atoms with Gasteiger partial charge in [0.1, 0.15) is 11.3 Å². The van der Waals surface area contributed by atoms with Crippen molar-refractivity contribution in [2.75, 3.05) is 4.90 Å². The zero-order chi connectivity index (χ0) is 38.7. The maximum absolute atomic E-state index is 6.25. The number of furan rings is 1. The first-order valence-electron chi connectivity index (χ1n) is 19.7. The van der Waals surface area contributed by atoms with Crippen molar-refractivity contribution in [2.24, 2.45) is 0 Å². The van der Waals surface area contributed by atoms with Crippen LogP contribution >= 0.6 is 0 Å². The highest BCUT2D eigenvalue weighted by molar-refractivity contribution is 5.89. The predicted molar refractivity (Wildman–Crippen MR) is 244 cm³/mol. The van der Waals surface area contributed by atoms with Gasteiger partial charge in [-0.15, -0.1) is 0 Å². The van der Waals surface area contributed by atoms with E-state index < -0.39 is 0 Å². The lowest BCUT2D eigenvalue weighted by atomic mass is 9.95. The van der Waals surface area contributed by atoms with Gasteiger partial charge in [0.25, 0.3) is 0 Å². The molecule has 0 N–H and O–H groups in total. The average Bonchev–Trinajstić information content (AvgIpc) is 3.75. The maximum Gasteiger partial charge on any atom is 0.135 e. The van der Waals surface area contributed by atoms with Crippen molar-refractivity contribution in [3.8, 4) is 67.0 Å². The second-order valence-electron chi connectivity index (χ2n) is 14.6. The summed E-state index contributed by atoms with van der Waals surface area (Å²) in [5.74, 6) is 0.867. The van der Waals surface area contributed by atoms with Gasteiger partial charge in [0, 0.05) is 28.0 Å². The molecule has 0 unspecified atom stereocenters. The summed E-state index contributed by atoms with van der Waals surface area (Å²) in [6.07, 6.45) is 0. The highest BCUT2D eigenvalue weighted by atomic mass is 16.3. The molecule has 0 amide bonds. The fourth-order valence-electron chi connectivity index (χ4n) is 7.90. The number of benzene rings is 9. The van der Waals surface area contributed by atoms with E-state index in [9.17, 15) is 0 Å². The third-order valence-electron chi connectivity index (χ3n) is 10.8. The molecular weight excluding hydrogens is 703 g/mol. The maximum atomic E-state index is 6.25. The average molecular weight is 742 g/mol. The van der Waals surface area contributed by atoms with Crippen molar-refractivity contribution in [3.05, 3.63) is 237 Å². The molecule has 1 aromatic heterocycles. The van der Waals surface area contributed by atoms with Crippen LogP contribution in [0, 0.1) is 0 Å². The quantitative estimate of drug-likeness (QED) is 0.146. The lowest BCUT2D eigenvalue weighted by Gasteiger charge is -2.28. The molecule has 2 nitrogen and oxygen atoms in total. The van der Waals surface area contributed by atoms with Crippen molar-refractivity contribution in [1.82, 2.24) is 0 Å². The van der Waals surface area contributed by atoms with Crippen LogP contribution in [0.2, 0.25) is 0 Å². The third kappa shape index (κ3) is 7.11. The summed E-state index contributed by atoms with van der Waals surface area (Å²) < 4.78 is 6.25. The molecule has 0 aliphatic carbocycles. The van der Waals surface area contributed by atoms with E-state index in [0.29, 0.717) is 0 Å². The Morgan fingerprint density at radius 3 is 1.09 bits per heavy atom. The van der Waals surface area contributed by atoms with E-state index in [0.717, 1.165) is 72.7 Å². The highest BCUT2D eigenvalue weighted by Gasteiger charge is 2.19. The molecular formula is C56H39NO. The van der Waals surface area contributed by atoms with E-state index in [1.807, 2.05) is 18.2 Å². The normalized spacial score (nSPS) is 11.1. The molecule has 1 heterocycles. The van der Waals surface area contributed by atoms with Crippen LogP contribution in [-0.4, -0.2) is 0 Å².